The Morgan fingerprint density at radius 2 is 1.86 bits per heavy atom. The van der Waals surface area contributed by atoms with Crippen molar-refractivity contribution in [1.82, 2.24) is 15.2 Å². The minimum Gasteiger partial charge on any atom is -0.493 e. The molecule has 2 rings (SSSR count). The number of benzene rings is 1. The molecule has 0 bridgehead atoms. The van der Waals surface area contributed by atoms with Crippen LogP contribution in [0.2, 0.25) is 0 Å². The zero-order valence-electron chi connectivity index (χ0n) is 17.1. The molecule has 152 valence electrons. The van der Waals surface area contributed by atoms with E-state index < -0.39 is 0 Å². The number of rotatable bonds is 9. The summed E-state index contributed by atoms with van der Waals surface area (Å²) in [6.07, 6.45) is 1.86. The van der Waals surface area contributed by atoms with Crippen molar-refractivity contribution in [3.05, 3.63) is 58.0 Å². The number of aryl methyl sites for hydroxylation is 1. The van der Waals surface area contributed by atoms with Crippen molar-refractivity contribution in [1.29, 1.82) is 0 Å². The van der Waals surface area contributed by atoms with E-state index in [9.17, 15) is 4.79 Å². The number of nitrogens with one attached hydrogen (secondary N) is 2. The molecule has 0 saturated carbocycles. The lowest BCUT2D eigenvalue weighted by molar-refractivity contribution is 0.354. The second kappa shape index (κ2) is 11.0. The molecule has 0 aliphatic heterocycles. The van der Waals surface area contributed by atoms with Gasteiger partial charge in [-0.05, 0) is 43.5 Å². The van der Waals surface area contributed by atoms with Crippen LogP contribution in [-0.2, 0) is 13.1 Å². The van der Waals surface area contributed by atoms with E-state index in [0.29, 0.717) is 18.0 Å². The number of methoxy groups -OCH3 is 2. The van der Waals surface area contributed by atoms with Crippen molar-refractivity contribution in [2.75, 3.05) is 27.8 Å². The Hall–Kier alpha value is -2.96. The molecule has 1 aromatic heterocycles. The molecule has 2 N–H and O–H groups in total. The van der Waals surface area contributed by atoms with Gasteiger partial charge in [-0.15, -0.1) is 0 Å². The molecular formula is C21H30N4O3. The van der Waals surface area contributed by atoms with Crippen molar-refractivity contribution in [3.8, 4) is 11.5 Å². The smallest absolute Gasteiger partial charge is 0.250 e. The quantitative estimate of drug-likeness (QED) is 0.393. The van der Waals surface area contributed by atoms with E-state index in [1.54, 1.807) is 33.4 Å². The molecule has 28 heavy (non-hydrogen) atoms. The molecule has 7 nitrogen and oxygen atoms in total. The lowest BCUT2D eigenvalue weighted by Crippen LogP contribution is -2.37. The highest BCUT2D eigenvalue weighted by Crippen LogP contribution is 2.27. The van der Waals surface area contributed by atoms with E-state index >= 15 is 0 Å². The van der Waals surface area contributed by atoms with Gasteiger partial charge in [0.15, 0.2) is 17.5 Å². The van der Waals surface area contributed by atoms with Gasteiger partial charge in [0.2, 0.25) is 0 Å². The first-order valence-electron chi connectivity index (χ1n) is 9.41. The van der Waals surface area contributed by atoms with Crippen LogP contribution >= 0.6 is 0 Å². The summed E-state index contributed by atoms with van der Waals surface area (Å²) >= 11 is 0. The van der Waals surface area contributed by atoms with Gasteiger partial charge in [0.25, 0.3) is 5.56 Å². The first-order chi connectivity index (χ1) is 13.6. The summed E-state index contributed by atoms with van der Waals surface area (Å²) in [5.41, 5.74) is 2.12. The monoisotopic (exact) mass is 386 g/mol. The third kappa shape index (κ3) is 6.04. The van der Waals surface area contributed by atoms with Crippen LogP contribution in [0.15, 0.2) is 46.2 Å². The normalized spacial score (nSPS) is 11.2. The van der Waals surface area contributed by atoms with Crippen LogP contribution in [0, 0.1) is 6.92 Å². The Kier molecular flexibility index (Phi) is 8.39. The Morgan fingerprint density at radius 1 is 1.07 bits per heavy atom. The summed E-state index contributed by atoms with van der Waals surface area (Å²) in [6, 6.07) is 11.2. The van der Waals surface area contributed by atoms with E-state index in [2.05, 4.69) is 15.6 Å². The maximum atomic E-state index is 11.9. The van der Waals surface area contributed by atoms with Crippen molar-refractivity contribution >= 4 is 5.96 Å². The lowest BCUT2D eigenvalue weighted by atomic mass is 10.2. The molecule has 0 unspecified atom stereocenters. The fourth-order valence-electron chi connectivity index (χ4n) is 2.91. The van der Waals surface area contributed by atoms with Gasteiger partial charge < -0.3 is 24.7 Å². The number of nitrogens with zero attached hydrogens (tertiary/aromatic N) is 2. The zero-order chi connectivity index (χ0) is 20.4. The number of pyridine rings is 1. The van der Waals surface area contributed by atoms with Crippen molar-refractivity contribution in [2.24, 2.45) is 4.99 Å². The molecule has 0 fully saturated rings. The summed E-state index contributed by atoms with van der Waals surface area (Å²) in [5.74, 6) is 2.15. The molecule has 0 amide bonds. The fourth-order valence-corrected chi connectivity index (χ4v) is 2.91. The summed E-state index contributed by atoms with van der Waals surface area (Å²) in [7, 11) is 4.99. The lowest BCUT2D eigenvalue weighted by Gasteiger charge is -2.14. The molecule has 7 heteroatoms. The van der Waals surface area contributed by atoms with Crippen LogP contribution in [0.5, 0.6) is 11.5 Å². The molecule has 1 heterocycles. The van der Waals surface area contributed by atoms with Gasteiger partial charge in [-0.3, -0.25) is 9.79 Å². The average Bonchev–Trinajstić information content (AvgIpc) is 2.71. The maximum Gasteiger partial charge on any atom is 0.250 e. The van der Waals surface area contributed by atoms with Gasteiger partial charge in [-0.1, -0.05) is 12.1 Å². The Bertz CT molecular complexity index is 846. The Morgan fingerprint density at radius 3 is 2.54 bits per heavy atom. The molecule has 0 atom stereocenters. The molecular weight excluding hydrogens is 356 g/mol. The largest absolute Gasteiger partial charge is 0.493 e. The molecule has 0 saturated heterocycles. The summed E-state index contributed by atoms with van der Waals surface area (Å²) < 4.78 is 12.4. The molecule has 2 aromatic rings. The van der Waals surface area contributed by atoms with Crippen molar-refractivity contribution in [3.63, 3.8) is 0 Å². The minimum absolute atomic E-state index is 0.0559. The molecule has 0 aliphatic carbocycles. The summed E-state index contributed by atoms with van der Waals surface area (Å²) in [6.45, 7) is 4.09. The van der Waals surface area contributed by atoms with Gasteiger partial charge in [0.1, 0.15) is 0 Å². The van der Waals surface area contributed by atoms with Gasteiger partial charge >= 0.3 is 0 Å². The zero-order valence-corrected chi connectivity index (χ0v) is 17.1. The van der Waals surface area contributed by atoms with Gasteiger partial charge in [-0.2, -0.15) is 0 Å². The molecule has 0 aliphatic rings. The number of aliphatic imine (C=N–C) groups is 1. The topological polar surface area (TPSA) is 76.9 Å². The number of hydrogen-bond acceptors (Lipinski definition) is 4. The number of hydrogen-bond donors (Lipinski definition) is 2. The van der Waals surface area contributed by atoms with Gasteiger partial charge in [0.05, 0.1) is 14.2 Å². The Balaban J connectivity index is 1.75. The fraction of sp³-hybridized carbons (Fsp3) is 0.429. The van der Waals surface area contributed by atoms with E-state index in [4.69, 9.17) is 9.47 Å². The van der Waals surface area contributed by atoms with Crippen molar-refractivity contribution < 1.29 is 9.47 Å². The van der Waals surface area contributed by atoms with Crippen LogP contribution in [0.25, 0.3) is 0 Å². The van der Waals surface area contributed by atoms with E-state index in [1.165, 1.54) is 0 Å². The maximum absolute atomic E-state index is 11.9. The average molecular weight is 386 g/mol. The molecule has 1 aromatic carbocycles. The number of aromatic nitrogens is 1. The van der Waals surface area contributed by atoms with Crippen LogP contribution in [-0.4, -0.2) is 38.3 Å². The van der Waals surface area contributed by atoms with Gasteiger partial charge in [-0.25, -0.2) is 0 Å². The molecule has 0 radical (unpaired) electrons. The third-order valence-electron chi connectivity index (χ3n) is 4.50. The number of ether oxygens (including phenoxy) is 2. The summed E-state index contributed by atoms with van der Waals surface area (Å²) in [5, 5.41) is 6.59. The highest BCUT2D eigenvalue weighted by Gasteiger charge is 2.05. The first kappa shape index (κ1) is 21.3. The summed E-state index contributed by atoms with van der Waals surface area (Å²) in [4.78, 5) is 16.1. The van der Waals surface area contributed by atoms with Crippen LogP contribution < -0.4 is 25.7 Å². The third-order valence-corrected chi connectivity index (χ3v) is 4.50. The first-order valence-corrected chi connectivity index (χ1v) is 9.41. The minimum atomic E-state index is 0.0559. The van der Waals surface area contributed by atoms with Crippen LogP contribution in [0.1, 0.15) is 24.1 Å². The van der Waals surface area contributed by atoms with E-state index in [1.807, 2.05) is 35.8 Å². The number of unbranched alkanes of at least 4 members (excludes halogenated alkanes) is 1. The van der Waals surface area contributed by atoms with Crippen molar-refractivity contribution in [2.45, 2.75) is 32.9 Å². The SMILES string of the molecule is CN=C(NCCCCn1c(C)cccc1=O)NCc1ccc(OC)c(OC)c1. The standard InChI is InChI=1S/C21H30N4O3/c1-16-8-7-9-20(26)25(16)13-6-5-12-23-21(22-2)24-15-17-10-11-18(27-3)19(14-17)28-4/h7-11,14H,5-6,12-13,15H2,1-4H3,(H2,22,23,24). The van der Waals surface area contributed by atoms with E-state index in [0.717, 1.165) is 43.1 Å². The second-order valence-electron chi connectivity index (χ2n) is 6.41. The second-order valence-corrected chi connectivity index (χ2v) is 6.41. The molecule has 0 spiro atoms. The highest BCUT2D eigenvalue weighted by molar-refractivity contribution is 5.79. The predicted molar refractivity (Wildman–Crippen MR) is 112 cm³/mol. The van der Waals surface area contributed by atoms with Gasteiger partial charge in [0, 0.05) is 38.4 Å². The van der Waals surface area contributed by atoms with E-state index in [-0.39, 0.29) is 5.56 Å². The number of guanidine groups is 1. The predicted octanol–water partition coefficient (Wildman–Crippen LogP) is 2.32. The van der Waals surface area contributed by atoms with Crippen LogP contribution in [0.4, 0.5) is 0 Å². The Labute approximate surface area is 166 Å². The highest BCUT2D eigenvalue weighted by atomic mass is 16.5. The van der Waals surface area contributed by atoms with Crippen LogP contribution in [0.3, 0.4) is 0 Å².